The van der Waals surface area contributed by atoms with Crippen molar-refractivity contribution in [2.24, 2.45) is 0 Å². The van der Waals surface area contributed by atoms with Gasteiger partial charge in [-0.2, -0.15) is 0 Å². The van der Waals surface area contributed by atoms with Gasteiger partial charge in [0.1, 0.15) is 6.04 Å². The highest BCUT2D eigenvalue weighted by Gasteiger charge is 2.31. The number of carbonyl (C=O) groups is 2. The van der Waals surface area contributed by atoms with Gasteiger partial charge in [0.05, 0.1) is 0 Å². The molecule has 0 radical (unpaired) electrons. The van der Waals surface area contributed by atoms with E-state index in [1.54, 1.807) is 0 Å². The zero-order chi connectivity index (χ0) is 12.3. The molecule has 2 rings (SSSR count). The third kappa shape index (κ3) is 2.53. The van der Waals surface area contributed by atoms with Gasteiger partial charge >= 0.3 is 6.03 Å². The number of imide groups is 1. The lowest BCUT2D eigenvalue weighted by molar-refractivity contribution is -0.119. The molecule has 4 heteroatoms. The Morgan fingerprint density at radius 1 is 1.29 bits per heavy atom. The van der Waals surface area contributed by atoms with Gasteiger partial charge in [0.2, 0.25) is 0 Å². The largest absolute Gasteiger partial charge is 0.322 e. The molecule has 1 aromatic carbocycles. The summed E-state index contributed by atoms with van der Waals surface area (Å²) in [6.07, 6.45) is 2.66. The molecule has 0 aromatic heterocycles. The van der Waals surface area contributed by atoms with E-state index in [1.807, 2.05) is 43.3 Å². The van der Waals surface area contributed by atoms with Crippen LogP contribution in [0, 0.1) is 0 Å². The molecular weight excluding hydrogens is 216 g/mol. The number of nitrogens with one attached hydrogen (secondary N) is 2. The standard InChI is InChI=1S/C13H14N2O2/c1-2-10(8-9-6-4-3-5-7-9)11-12(16)15-13(17)14-11/h3-8,11H,2H2,1H3,(H2,14,15,16,17)/b10-8+. The summed E-state index contributed by atoms with van der Waals surface area (Å²) in [6, 6.07) is 8.78. The monoisotopic (exact) mass is 230 g/mol. The Morgan fingerprint density at radius 2 is 2.00 bits per heavy atom. The topological polar surface area (TPSA) is 58.2 Å². The molecule has 4 nitrogen and oxygen atoms in total. The van der Waals surface area contributed by atoms with Crippen LogP contribution in [0.4, 0.5) is 4.79 Å². The predicted molar refractivity (Wildman–Crippen MR) is 65.2 cm³/mol. The minimum atomic E-state index is -0.535. The first-order valence-electron chi connectivity index (χ1n) is 5.57. The number of hydrogen-bond donors (Lipinski definition) is 2. The van der Waals surface area contributed by atoms with Gasteiger partial charge in [-0.05, 0) is 17.6 Å². The Balaban J connectivity index is 2.25. The van der Waals surface area contributed by atoms with Crippen molar-refractivity contribution < 1.29 is 9.59 Å². The van der Waals surface area contributed by atoms with E-state index in [9.17, 15) is 9.59 Å². The molecule has 1 unspecified atom stereocenters. The van der Waals surface area contributed by atoms with E-state index in [1.165, 1.54) is 0 Å². The summed E-state index contributed by atoms with van der Waals surface area (Å²) in [7, 11) is 0. The van der Waals surface area contributed by atoms with Crippen LogP contribution in [0.2, 0.25) is 0 Å². The Hall–Kier alpha value is -2.10. The van der Waals surface area contributed by atoms with Crippen LogP contribution in [0.1, 0.15) is 18.9 Å². The van der Waals surface area contributed by atoms with Crippen LogP contribution in [0.5, 0.6) is 0 Å². The highest BCUT2D eigenvalue weighted by atomic mass is 16.2. The molecule has 0 bridgehead atoms. The van der Waals surface area contributed by atoms with Gasteiger partial charge in [-0.15, -0.1) is 0 Å². The maximum Gasteiger partial charge on any atom is 0.322 e. The first kappa shape index (κ1) is 11.4. The molecule has 0 aliphatic carbocycles. The molecule has 1 aliphatic rings. The van der Waals surface area contributed by atoms with Crippen molar-refractivity contribution in [2.45, 2.75) is 19.4 Å². The quantitative estimate of drug-likeness (QED) is 0.776. The number of amides is 3. The van der Waals surface area contributed by atoms with Gasteiger partial charge in [0, 0.05) is 0 Å². The van der Waals surface area contributed by atoms with Crippen LogP contribution in [-0.4, -0.2) is 18.0 Å². The van der Waals surface area contributed by atoms with Crippen LogP contribution in [0.25, 0.3) is 6.08 Å². The Kier molecular flexibility index (Phi) is 3.23. The smallest absolute Gasteiger partial charge is 0.322 e. The zero-order valence-corrected chi connectivity index (χ0v) is 9.57. The molecule has 88 valence electrons. The fourth-order valence-electron chi connectivity index (χ4n) is 1.83. The summed E-state index contributed by atoms with van der Waals surface area (Å²) in [5.74, 6) is -0.279. The molecule has 3 amide bonds. The number of rotatable bonds is 3. The van der Waals surface area contributed by atoms with Crippen molar-refractivity contribution in [1.82, 2.24) is 10.6 Å². The summed E-state index contributed by atoms with van der Waals surface area (Å²) in [5, 5.41) is 4.84. The Labute approximate surface area is 99.7 Å². The molecule has 0 spiro atoms. The SMILES string of the molecule is CC/C(=C\c1ccccc1)C1NC(=O)NC1=O. The van der Waals surface area contributed by atoms with Crippen molar-refractivity contribution in [1.29, 1.82) is 0 Å². The highest BCUT2D eigenvalue weighted by Crippen LogP contribution is 2.15. The minimum Gasteiger partial charge on any atom is -0.322 e. The van der Waals surface area contributed by atoms with Crippen LogP contribution in [-0.2, 0) is 4.79 Å². The van der Waals surface area contributed by atoms with E-state index in [0.29, 0.717) is 6.42 Å². The molecular formula is C13H14N2O2. The van der Waals surface area contributed by atoms with Crippen molar-refractivity contribution in [3.63, 3.8) is 0 Å². The molecule has 1 saturated heterocycles. The second-order valence-electron chi connectivity index (χ2n) is 3.88. The lowest BCUT2D eigenvalue weighted by Gasteiger charge is -2.10. The Morgan fingerprint density at radius 3 is 2.53 bits per heavy atom. The molecule has 1 fully saturated rings. The van der Waals surface area contributed by atoms with Gasteiger partial charge in [0.25, 0.3) is 5.91 Å². The number of hydrogen-bond acceptors (Lipinski definition) is 2. The average molecular weight is 230 g/mol. The molecule has 1 heterocycles. The average Bonchev–Trinajstić information content (AvgIpc) is 2.67. The van der Waals surface area contributed by atoms with E-state index in [2.05, 4.69) is 10.6 Å². The van der Waals surface area contributed by atoms with Crippen molar-refractivity contribution in [3.8, 4) is 0 Å². The zero-order valence-electron chi connectivity index (χ0n) is 9.57. The lowest BCUT2D eigenvalue weighted by Crippen LogP contribution is -2.30. The summed E-state index contributed by atoms with van der Waals surface area (Å²) >= 11 is 0. The number of carbonyl (C=O) groups excluding carboxylic acids is 2. The van der Waals surface area contributed by atoms with Crippen molar-refractivity contribution in [3.05, 3.63) is 41.5 Å². The molecule has 2 N–H and O–H groups in total. The maximum atomic E-state index is 11.5. The molecule has 1 atom stereocenters. The molecule has 1 aliphatic heterocycles. The van der Waals surface area contributed by atoms with Crippen LogP contribution in [0.3, 0.4) is 0 Å². The van der Waals surface area contributed by atoms with Crippen LogP contribution < -0.4 is 10.6 Å². The summed E-state index contributed by atoms with van der Waals surface area (Å²) in [6.45, 7) is 1.96. The molecule has 0 saturated carbocycles. The minimum absolute atomic E-state index is 0.279. The first-order valence-corrected chi connectivity index (χ1v) is 5.57. The maximum absolute atomic E-state index is 11.5. The summed E-state index contributed by atoms with van der Waals surface area (Å²) < 4.78 is 0. The number of urea groups is 1. The van der Waals surface area contributed by atoms with E-state index in [4.69, 9.17) is 0 Å². The second-order valence-corrected chi connectivity index (χ2v) is 3.88. The normalized spacial score (nSPS) is 20.1. The fraction of sp³-hybridized carbons (Fsp3) is 0.231. The van der Waals surface area contributed by atoms with E-state index >= 15 is 0 Å². The first-order chi connectivity index (χ1) is 8.20. The lowest BCUT2D eigenvalue weighted by atomic mass is 10.0. The number of benzene rings is 1. The summed E-state index contributed by atoms with van der Waals surface area (Å²) in [4.78, 5) is 22.6. The third-order valence-electron chi connectivity index (χ3n) is 2.71. The summed E-state index contributed by atoms with van der Waals surface area (Å²) in [5.41, 5.74) is 1.93. The van der Waals surface area contributed by atoms with E-state index in [-0.39, 0.29) is 5.91 Å². The third-order valence-corrected chi connectivity index (χ3v) is 2.71. The van der Waals surface area contributed by atoms with Gasteiger partial charge in [-0.25, -0.2) is 4.79 Å². The van der Waals surface area contributed by atoms with Crippen molar-refractivity contribution in [2.75, 3.05) is 0 Å². The predicted octanol–water partition coefficient (Wildman–Crippen LogP) is 1.69. The molecule has 1 aromatic rings. The van der Waals surface area contributed by atoms with Gasteiger partial charge in [-0.1, -0.05) is 43.3 Å². The van der Waals surface area contributed by atoms with E-state index < -0.39 is 12.1 Å². The fourth-order valence-corrected chi connectivity index (χ4v) is 1.83. The van der Waals surface area contributed by atoms with E-state index in [0.717, 1.165) is 11.1 Å². The highest BCUT2D eigenvalue weighted by molar-refractivity contribution is 6.06. The Bertz CT molecular complexity index is 466. The van der Waals surface area contributed by atoms with Gasteiger partial charge < -0.3 is 5.32 Å². The van der Waals surface area contributed by atoms with Gasteiger partial charge in [0.15, 0.2) is 0 Å². The second kappa shape index (κ2) is 4.82. The van der Waals surface area contributed by atoms with Crippen LogP contribution in [0.15, 0.2) is 35.9 Å². The van der Waals surface area contributed by atoms with Crippen molar-refractivity contribution >= 4 is 18.0 Å². The molecule has 17 heavy (non-hydrogen) atoms. The van der Waals surface area contributed by atoms with Gasteiger partial charge in [-0.3, -0.25) is 10.1 Å². The van der Waals surface area contributed by atoms with Crippen LogP contribution >= 0.6 is 0 Å².